The third-order valence-electron chi connectivity index (χ3n) is 0. The van der Waals surface area contributed by atoms with Gasteiger partial charge in [-0.2, -0.15) is 0 Å². The van der Waals surface area contributed by atoms with Gasteiger partial charge in [-0.3, -0.25) is 4.79 Å². The molecule has 0 aromatic carbocycles. The van der Waals surface area contributed by atoms with Crippen molar-refractivity contribution in [3.05, 3.63) is 0 Å². The molecule has 0 fully saturated rings. The third kappa shape index (κ3) is 2390. The molecule has 0 heterocycles. The van der Waals surface area contributed by atoms with E-state index in [-0.39, 0.29) is 0 Å². The average Bonchev–Trinajstić information content (AvgIpc) is 1.19. The van der Waals surface area contributed by atoms with Crippen molar-refractivity contribution in [3.63, 3.8) is 0 Å². The SMILES string of the molecule is CC(=O)O.[O]=[Mo](=[O])([OH])[OH]. The van der Waals surface area contributed by atoms with Gasteiger partial charge in [0.2, 0.25) is 0 Å². The molecular formula is C2H6MoO6. The van der Waals surface area contributed by atoms with Crippen molar-refractivity contribution in [1.29, 1.82) is 0 Å². The fourth-order valence-corrected chi connectivity index (χ4v) is 0. The molecule has 0 saturated carbocycles. The standard InChI is InChI=1S/C2H4O2.Mo.2H2O.2O/c1-2(3)4;;;;;/h1H3,(H,3,4);;2*1H2;;/q;+2;;;;/p-2. The molecule has 0 spiro atoms. The Morgan fingerprint density at radius 2 is 1.33 bits per heavy atom. The molecule has 0 rings (SSSR count). The van der Waals surface area contributed by atoms with E-state index >= 15 is 0 Å². The molecule has 3 N–H and O–H groups in total. The maximum atomic E-state index is 9.00. The van der Waals surface area contributed by atoms with Crippen molar-refractivity contribution in [2.45, 2.75) is 6.92 Å². The van der Waals surface area contributed by atoms with Crippen molar-refractivity contribution < 1.29 is 41.0 Å². The monoisotopic (exact) mass is 224 g/mol. The molecule has 0 aromatic rings. The summed E-state index contributed by atoms with van der Waals surface area (Å²) < 4.78 is 32.0. The van der Waals surface area contributed by atoms with Gasteiger partial charge in [0, 0.05) is 6.92 Å². The summed E-state index contributed by atoms with van der Waals surface area (Å²) in [4.78, 5) is 9.00. The number of aliphatic carboxylic acids is 1. The van der Waals surface area contributed by atoms with Crippen LogP contribution in [0.15, 0.2) is 0 Å². The molecule has 6 nitrogen and oxygen atoms in total. The van der Waals surface area contributed by atoms with Gasteiger partial charge in [0.1, 0.15) is 0 Å². The maximum absolute atomic E-state index is 9.00. The zero-order valence-corrected chi connectivity index (χ0v) is 6.48. The van der Waals surface area contributed by atoms with Crippen LogP contribution in [0.25, 0.3) is 0 Å². The first-order valence-corrected chi connectivity index (χ1v) is 5.06. The van der Waals surface area contributed by atoms with E-state index in [4.69, 9.17) is 24.2 Å². The van der Waals surface area contributed by atoms with Crippen LogP contribution in [0.3, 0.4) is 0 Å². The molecule has 0 aliphatic heterocycles. The summed E-state index contributed by atoms with van der Waals surface area (Å²) in [5.41, 5.74) is 0. The third-order valence-corrected chi connectivity index (χ3v) is 0. The molecule has 0 aromatic heterocycles. The summed E-state index contributed by atoms with van der Waals surface area (Å²) >= 11 is -5.52. The van der Waals surface area contributed by atoms with E-state index in [2.05, 4.69) is 0 Å². The second-order valence-electron chi connectivity index (χ2n) is 0.967. The minimum atomic E-state index is -5.52. The molecule has 0 radical (unpaired) electrons. The molecular weight excluding hydrogens is 216 g/mol. The van der Waals surface area contributed by atoms with Crippen LogP contribution in [0, 0.1) is 0 Å². The number of carboxylic acid groups (broad SMARTS) is 1. The number of carboxylic acids is 1. The molecule has 7 heteroatoms. The fraction of sp³-hybridized carbons (Fsp3) is 0.500. The van der Waals surface area contributed by atoms with E-state index in [9.17, 15) is 0 Å². The average molecular weight is 222 g/mol. The first-order valence-electron chi connectivity index (χ1n) is 1.63. The summed E-state index contributed by atoms with van der Waals surface area (Å²) in [7, 11) is 0. The molecule has 0 aliphatic carbocycles. The van der Waals surface area contributed by atoms with E-state index in [1.165, 1.54) is 0 Å². The normalized spacial score (nSPS) is 9.22. The van der Waals surface area contributed by atoms with Crippen LogP contribution in [0.1, 0.15) is 6.92 Å². The molecule has 0 saturated heterocycles. The Bertz CT molecular complexity index is 153. The predicted octanol–water partition coefficient (Wildman–Crippen LogP) is -1.26. The van der Waals surface area contributed by atoms with Crippen LogP contribution < -0.4 is 0 Å². The Balaban J connectivity index is 0. The number of hydrogen-bond acceptors (Lipinski definition) is 3. The molecule has 0 bridgehead atoms. The van der Waals surface area contributed by atoms with Crippen molar-refractivity contribution in [3.8, 4) is 0 Å². The summed E-state index contributed by atoms with van der Waals surface area (Å²) in [5, 5.41) is 7.42. The fourth-order valence-electron chi connectivity index (χ4n) is 0. The predicted molar refractivity (Wildman–Crippen MR) is 19.1 cm³/mol. The Morgan fingerprint density at radius 1 is 1.33 bits per heavy atom. The zero-order chi connectivity index (χ0) is 8.08. The first kappa shape index (κ1) is 11.5. The number of carbonyl (C=O) groups is 1. The summed E-state index contributed by atoms with van der Waals surface area (Å²) in [5.74, 6) is -0.833. The van der Waals surface area contributed by atoms with Crippen LogP contribution in [-0.4, -0.2) is 18.6 Å². The summed E-state index contributed by atoms with van der Waals surface area (Å²) in [6, 6.07) is 0. The number of rotatable bonds is 0. The van der Waals surface area contributed by atoms with Gasteiger partial charge < -0.3 is 5.11 Å². The molecule has 9 heavy (non-hydrogen) atoms. The van der Waals surface area contributed by atoms with Crippen LogP contribution in [0.2, 0.25) is 0 Å². The summed E-state index contributed by atoms with van der Waals surface area (Å²) in [6.07, 6.45) is 0. The van der Waals surface area contributed by atoms with Gasteiger partial charge in [-0.05, 0) is 0 Å². The van der Waals surface area contributed by atoms with Crippen molar-refractivity contribution in [1.82, 2.24) is 0 Å². The summed E-state index contributed by atoms with van der Waals surface area (Å²) in [6.45, 7) is 1.08. The van der Waals surface area contributed by atoms with Crippen LogP contribution in [-0.2, 0) is 28.3 Å². The topological polar surface area (TPSA) is 112 Å². The van der Waals surface area contributed by atoms with Crippen LogP contribution in [0.5, 0.6) is 0 Å². The second kappa shape index (κ2) is 4.55. The van der Waals surface area contributed by atoms with E-state index in [1.54, 1.807) is 0 Å². The van der Waals surface area contributed by atoms with E-state index < -0.39 is 22.7 Å². The van der Waals surface area contributed by atoms with Crippen molar-refractivity contribution >= 4 is 5.97 Å². The molecule has 0 amide bonds. The number of hydrogen-bond donors (Lipinski definition) is 3. The molecule has 0 aliphatic rings. The van der Waals surface area contributed by atoms with E-state index in [1.807, 2.05) is 0 Å². The van der Waals surface area contributed by atoms with Crippen molar-refractivity contribution in [2.24, 2.45) is 0 Å². The Labute approximate surface area is 54.5 Å². The van der Waals surface area contributed by atoms with Gasteiger partial charge in [0.15, 0.2) is 0 Å². The molecule has 0 unspecified atom stereocenters. The van der Waals surface area contributed by atoms with Gasteiger partial charge in [-0.25, -0.2) is 0 Å². The van der Waals surface area contributed by atoms with Gasteiger partial charge in [-0.1, -0.05) is 0 Å². The van der Waals surface area contributed by atoms with Gasteiger partial charge in [-0.15, -0.1) is 0 Å². The van der Waals surface area contributed by atoms with E-state index in [0.717, 1.165) is 6.92 Å². The molecule has 0 atom stereocenters. The minimum absolute atomic E-state index is 0.833. The van der Waals surface area contributed by atoms with Gasteiger partial charge in [0.25, 0.3) is 5.97 Å². The van der Waals surface area contributed by atoms with Crippen molar-refractivity contribution in [2.75, 3.05) is 0 Å². The first-order chi connectivity index (χ1) is 3.73. The van der Waals surface area contributed by atoms with Gasteiger partial charge in [0.05, 0.1) is 0 Å². The molecule has 56 valence electrons. The van der Waals surface area contributed by atoms with Gasteiger partial charge >= 0.3 is 31.1 Å². The van der Waals surface area contributed by atoms with E-state index in [0.29, 0.717) is 0 Å². The van der Waals surface area contributed by atoms with Crippen LogP contribution in [0.4, 0.5) is 0 Å². The van der Waals surface area contributed by atoms with Crippen LogP contribution >= 0.6 is 0 Å². The second-order valence-corrected chi connectivity index (χ2v) is 3.17. The Kier molecular flexibility index (Phi) is 5.80. The Hall–Kier alpha value is -0.322. The quantitative estimate of drug-likeness (QED) is 0.441. The zero-order valence-electron chi connectivity index (χ0n) is 4.47. The Morgan fingerprint density at radius 3 is 1.33 bits per heavy atom.